The molecule has 0 aliphatic heterocycles. The monoisotopic (exact) mass is 352 g/mol. The van der Waals surface area contributed by atoms with Crippen LogP contribution in [-0.4, -0.2) is 36.6 Å². The normalized spacial score (nSPS) is 14.9. The fourth-order valence-electron chi connectivity index (χ4n) is 2.90. The van der Waals surface area contributed by atoms with Crippen molar-refractivity contribution in [3.63, 3.8) is 0 Å². The van der Waals surface area contributed by atoms with Crippen LogP contribution in [0.5, 0.6) is 0 Å². The van der Waals surface area contributed by atoms with Crippen molar-refractivity contribution >= 4 is 23.6 Å². The lowest BCUT2D eigenvalue weighted by Gasteiger charge is -2.28. The maximum absolute atomic E-state index is 12.6. The lowest BCUT2D eigenvalue weighted by Crippen LogP contribution is -2.45. The molecule has 1 aromatic rings. The van der Waals surface area contributed by atoms with Crippen LogP contribution < -0.4 is 5.32 Å². The summed E-state index contributed by atoms with van der Waals surface area (Å²) < 4.78 is 4.68. The first kappa shape index (κ1) is 18.6. The van der Waals surface area contributed by atoms with E-state index in [9.17, 15) is 9.59 Å². The molecule has 6 heteroatoms. The van der Waals surface area contributed by atoms with Crippen molar-refractivity contribution in [1.29, 1.82) is 0 Å². The summed E-state index contributed by atoms with van der Waals surface area (Å²) in [6.07, 6.45) is 5.79. The third-order valence-corrected chi connectivity index (χ3v) is 4.57. The van der Waals surface area contributed by atoms with Crippen LogP contribution in [-0.2, 0) is 16.1 Å². The number of ether oxygens (including phenoxy) is 1. The summed E-state index contributed by atoms with van der Waals surface area (Å²) in [5.74, 6) is -0.318. The highest BCUT2D eigenvalue weighted by molar-refractivity contribution is 6.30. The van der Waals surface area contributed by atoms with E-state index in [0.717, 1.165) is 31.2 Å². The van der Waals surface area contributed by atoms with E-state index in [1.807, 2.05) is 12.1 Å². The molecule has 0 radical (unpaired) electrons. The molecule has 0 unspecified atom stereocenters. The van der Waals surface area contributed by atoms with Gasteiger partial charge in [0.25, 0.3) is 0 Å². The van der Waals surface area contributed by atoms with Gasteiger partial charge in [-0.1, -0.05) is 43.0 Å². The summed E-state index contributed by atoms with van der Waals surface area (Å²) >= 11 is 5.91. The first-order valence-electron chi connectivity index (χ1n) is 8.45. The van der Waals surface area contributed by atoms with Crippen LogP contribution in [0.1, 0.15) is 44.1 Å². The van der Waals surface area contributed by atoms with Crippen LogP contribution >= 0.6 is 11.6 Å². The summed E-state index contributed by atoms with van der Waals surface area (Å²) in [7, 11) is 1.36. The van der Waals surface area contributed by atoms with E-state index < -0.39 is 0 Å². The maximum atomic E-state index is 12.6. The minimum Gasteiger partial charge on any atom is -0.469 e. The Kier molecular flexibility index (Phi) is 7.37. The highest BCUT2D eigenvalue weighted by Gasteiger charge is 2.21. The molecular weight excluding hydrogens is 328 g/mol. The van der Waals surface area contributed by atoms with Crippen molar-refractivity contribution in [3.05, 3.63) is 34.9 Å². The van der Waals surface area contributed by atoms with Crippen LogP contribution in [0.4, 0.5) is 4.79 Å². The number of halogens is 1. The number of carbonyl (C=O) groups excluding carboxylic acids is 2. The molecule has 1 aliphatic carbocycles. The van der Waals surface area contributed by atoms with Gasteiger partial charge >= 0.3 is 12.0 Å². The van der Waals surface area contributed by atoms with Gasteiger partial charge in [-0.15, -0.1) is 0 Å². The fourth-order valence-corrected chi connectivity index (χ4v) is 3.03. The van der Waals surface area contributed by atoms with Crippen molar-refractivity contribution < 1.29 is 14.3 Å². The van der Waals surface area contributed by atoms with Gasteiger partial charge in [0.2, 0.25) is 0 Å². The van der Waals surface area contributed by atoms with Crippen LogP contribution in [0.25, 0.3) is 0 Å². The molecule has 5 nitrogen and oxygen atoms in total. The van der Waals surface area contributed by atoms with Crippen molar-refractivity contribution in [3.8, 4) is 0 Å². The van der Waals surface area contributed by atoms with E-state index in [0.29, 0.717) is 18.1 Å². The SMILES string of the molecule is COC(=O)CCN(Cc1ccc(Cl)cc1)C(=O)NC1CCCCC1. The van der Waals surface area contributed by atoms with E-state index in [1.165, 1.54) is 13.5 Å². The van der Waals surface area contributed by atoms with Gasteiger partial charge in [0.15, 0.2) is 0 Å². The average Bonchev–Trinajstić information content (AvgIpc) is 2.60. The Bertz CT molecular complexity index is 542. The molecular formula is C18H25ClN2O3. The van der Waals surface area contributed by atoms with Crippen molar-refractivity contribution in [2.45, 2.75) is 51.1 Å². The van der Waals surface area contributed by atoms with Crippen LogP contribution in [0.3, 0.4) is 0 Å². The van der Waals surface area contributed by atoms with Gasteiger partial charge in [0.05, 0.1) is 13.5 Å². The molecule has 24 heavy (non-hydrogen) atoms. The van der Waals surface area contributed by atoms with Crippen molar-refractivity contribution in [2.75, 3.05) is 13.7 Å². The lowest BCUT2D eigenvalue weighted by molar-refractivity contribution is -0.140. The zero-order valence-electron chi connectivity index (χ0n) is 14.1. The molecule has 0 heterocycles. The van der Waals surface area contributed by atoms with E-state index in [4.69, 9.17) is 11.6 Å². The second-order valence-electron chi connectivity index (χ2n) is 6.16. The Balaban J connectivity index is 1.98. The Morgan fingerprint density at radius 1 is 1.21 bits per heavy atom. The molecule has 0 bridgehead atoms. The average molecular weight is 353 g/mol. The van der Waals surface area contributed by atoms with Crippen LogP contribution in [0.15, 0.2) is 24.3 Å². The summed E-state index contributed by atoms with van der Waals surface area (Å²) in [5, 5.41) is 3.76. The number of methoxy groups -OCH3 is 1. The Hall–Kier alpha value is -1.75. The number of nitrogens with zero attached hydrogens (tertiary/aromatic N) is 1. The topological polar surface area (TPSA) is 58.6 Å². The summed E-state index contributed by atoms with van der Waals surface area (Å²) in [5.41, 5.74) is 0.975. The molecule has 0 atom stereocenters. The number of carbonyl (C=O) groups is 2. The van der Waals surface area contributed by atoms with E-state index in [2.05, 4.69) is 10.1 Å². The number of urea groups is 1. The van der Waals surface area contributed by atoms with Crippen LogP contribution in [0, 0.1) is 0 Å². The van der Waals surface area contributed by atoms with Gasteiger partial charge in [-0.2, -0.15) is 0 Å². The molecule has 1 N–H and O–H groups in total. The summed E-state index contributed by atoms with van der Waals surface area (Å²) in [4.78, 5) is 25.7. The number of nitrogens with one attached hydrogen (secondary N) is 1. The quantitative estimate of drug-likeness (QED) is 0.793. The van der Waals surface area contributed by atoms with Crippen molar-refractivity contribution in [2.24, 2.45) is 0 Å². The molecule has 1 fully saturated rings. The molecule has 0 spiro atoms. The summed E-state index contributed by atoms with van der Waals surface area (Å²) in [6.45, 7) is 0.764. The number of esters is 1. The van der Waals surface area contributed by atoms with Gasteiger partial charge in [0, 0.05) is 24.2 Å². The zero-order chi connectivity index (χ0) is 17.4. The first-order valence-corrected chi connectivity index (χ1v) is 8.83. The predicted octanol–water partition coefficient (Wildman–Crippen LogP) is 3.75. The lowest BCUT2D eigenvalue weighted by atomic mass is 9.96. The molecule has 0 saturated heterocycles. The first-order chi connectivity index (χ1) is 11.6. The van der Waals surface area contributed by atoms with Crippen molar-refractivity contribution in [1.82, 2.24) is 10.2 Å². The highest BCUT2D eigenvalue weighted by Crippen LogP contribution is 2.18. The fraction of sp³-hybridized carbons (Fsp3) is 0.556. The highest BCUT2D eigenvalue weighted by atomic mass is 35.5. The molecule has 132 valence electrons. The van der Waals surface area contributed by atoms with Gasteiger partial charge in [0.1, 0.15) is 0 Å². The second kappa shape index (κ2) is 9.52. The number of hydrogen-bond acceptors (Lipinski definition) is 3. The number of hydrogen-bond donors (Lipinski definition) is 1. The molecule has 1 aliphatic rings. The molecule has 1 aromatic carbocycles. The Morgan fingerprint density at radius 2 is 1.88 bits per heavy atom. The number of rotatable bonds is 6. The van der Waals surface area contributed by atoms with E-state index >= 15 is 0 Å². The standard InChI is InChI=1S/C18H25ClN2O3/c1-24-17(22)11-12-21(13-14-7-9-15(19)10-8-14)18(23)20-16-5-3-2-4-6-16/h7-10,16H,2-6,11-13H2,1H3,(H,20,23). The van der Waals surface area contributed by atoms with Crippen LogP contribution in [0.2, 0.25) is 5.02 Å². The van der Waals surface area contributed by atoms with Gasteiger partial charge in [-0.3, -0.25) is 4.79 Å². The van der Waals surface area contributed by atoms with Gasteiger partial charge in [-0.25, -0.2) is 4.79 Å². The maximum Gasteiger partial charge on any atom is 0.317 e. The molecule has 1 saturated carbocycles. The second-order valence-corrected chi connectivity index (χ2v) is 6.60. The third kappa shape index (κ3) is 6.04. The smallest absolute Gasteiger partial charge is 0.317 e. The van der Waals surface area contributed by atoms with Gasteiger partial charge in [-0.05, 0) is 30.5 Å². The molecule has 2 amide bonds. The zero-order valence-corrected chi connectivity index (χ0v) is 14.8. The number of benzene rings is 1. The molecule has 0 aromatic heterocycles. The molecule has 2 rings (SSSR count). The van der Waals surface area contributed by atoms with E-state index in [-0.39, 0.29) is 24.5 Å². The minimum atomic E-state index is -0.318. The van der Waals surface area contributed by atoms with E-state index in [1.54, 1.807) is 17.0 Å². The Morgan fingerprint density at radius 3 is 2.50 bits per heavy atom. The third-order valence-electron chi connectivity index (χ3n) is 4.32. The Labute approximate surface area is 148 Å². The predicted molar refractivity (Wildman–Crippen MR) is 93.9 cm³/mol. The largest absolute Gasteiger partial charge is 0.469 e. The minimum absolute atomic E-state index is 0.124. The number of amides is 2. The summed E-state index contributed by atoms with van der Waals surface area (Å²) in [6, 6.07) is 7.49. The van der Waals surface area contributed by atoms with Gasteiger partial charge < -0.3 is 15.0 Å².